The fourth-order valence-electron chi connectivity index (χ4n) is 2.94. The minimum atomic E-state index is 0.119. The lowest BCUT2D eigenvalue weighted by Gasteiger charge is -2.24. The Hall–Kier alpha value is -0.830. The molecular weight excluding hydrogens is 258 g/mol. The van der Waals surface area contributed by atoms with Gasteiger partial charge >= 0.3 is 0 Å². The van der Waals surface area contributed by atoms with Crippen LogP contribution in [0.5, 0.6) is 0 Å². The van der Waals surface area contributed by atoms with Crippen LogP contribution in [0, 0.1) is 0 Å². The zero-order valence-corrected chi connectivity index (χ0v) is 14.2. The predicted octanol–water partition coefficient (Wildman–Crippen LogP) is 4.48. The van der Waals surface area contributed by atoms with E-state index < -0.39 is 0 Å². The Balaban J connectivity index is 1.89. The molecule has 1 atom stereocenters. The molecule has 0 saturated carbocycles. The van der Waals surface area contributed by atoms with Crippen molar-refractivity contribution in [3.05, 3.63) is 12.2 Å². The van der Waals surface area contributed by atoms with Gasteiger partial charge in [-0.2, -0.15) is 0 Å². The second-order valence-corrected chi connectivity index (χ2v) is 6.17. The molecule has 0 amide bonds. The Morgan fingerprint density at radius 1 is 1.10 bits per heavy atom. The molecular formula is C18H35N3. The van der Waals surface area contributed by atoms with Crippen molar-refractivity contribution in [3.63, 3.8) is 0 Å². The van der Waals surface area contributed by atoms with Crippen molar-refractivity contribution < 1.29 is 0 Å². The summed E-state index contributed by atoms with van der Waals surface area (Å²) in [7, 11) is 0. The number of unbranched alkanes of at least 4 members (excludes halogenated alkanes) is 8. The fraction of sp³-hybridized carbons (Fsp3) is 0.833. The quantitative estimate of drug-likeness (QED) is 0.426. The van der Waals surface area contributed by atoms with Gasteiger partial charge in [-0.05, 0) is 33.1 Å². The minimum Gasteiger partial charge on any atom is -0.343 e. The lowest BCUT2D eigenvalue weighted by molar-refractivity contribution is 0.358. The number of rotatable bonds is 12. The maximum atomic E-state index is 5.96. The van der Waals surface area contributed by atoms with Crippen LogP contribution in [0.25, 0.3) is 0 Å². The van der Waals surface area contributed by atoms with E-state index in [2.05, 4.69) is 35.9 Å². The molecule has 0 radical (unpaired) electrons. The van der Waals surface area contributed by atoms with Gasteiger partial charge in [0.25, 0.3) is 0 Å². The van der Waals surface area contributed by atoms with E-state index in [1.807, 2.05) is 0 Å². The summed E-state index contributed by atoms with van der Waals surface area (Å²) < 4.78 is 0. The van der Waals surface area contributed by atoms with E-state index in [-0.39, 0.29) is 6.17 Å². The summed E-state index contributed by atoms with van der Waals surface area (Å²) >= 11 is 0. The van der Waals surface area contributed by atoms with Gasteiger partial charge in [0.2, 0.25) is 0 Å². The molecule has 2 N–H and O–H groups in total. The Morgan fingerprint density at radius 2 is 1.71 bits per heavy atom. The molecule has 1 unspecified atom stereocenters. The molecule has 0 spiro atoms. The second-order valence-electron chi connectivity index (χ2n) is 6.17. The molecule has 3 nitrogen and oxygen atoms in total. The van der Waals surface area contributed by atoms with E-state index in [1.54, 1.807) is 0 Å². The Morgan fingerprint density at radius 3 is 2.33 bits per heavy atom. The molecule has 0 fully saturated rings. The third-order valence-electron chi connectivity index (χ3n) is 4.22. The number of hydrogen-bond acceptors (Lipinski definition) is 3. The van der Waals surface area contributed by atoms with E-state index in [0.717, 1.165) is 19.5 Å². The van der Waals surface area contributed by atoms with Crippen LogP contribution in [0.1, 0.15) is 78.1 Å². The van der Waals surface area contributed by atoms with Crippen LogP contribution in [0.15, 0.2) is 17.1 Å². The first kappa shape index (κ1) is 18.2. The summed E-state index contributed by atoms with van der Waals surface area (Å²) in [6.45, 7) is 6.10. The standard InChI is InChI=1S/C18H35N3/c1-3-4-5-6-7-8-9-10-11-12-13-14-18-20-15-16-21(18)17(2)19/h3-4,17H,5-16,19H2,1-2H3/b4-3+. The van der Waals surface area contributed by atoms with E-state index in [1.165, 1.54) is 63.6 Å². The van der Waals surface area contributed by atoms with Crippen LogP contribution in [0.4, 0.5) is 0 Å². The van der Waals surface area contributed by atoms with Crippen molar-refractivity contribution in [2.24, 2.45) is 10.7 Å². The molecule has 0 bridgehead atoms. The molecule has 0 aromatic heterocycles. The van der Waals surface area contributed by atoms with E-state index in [4.69, 9.17) is 5.73 Å². The summed E-state index contributed by atoms with van der Waals surface area (Å²) in [6.07, 6.45) is 17.9. The second kappa shape index (κ2) is 11.8. The highest BCUT2D eigenvalue weighted by Crippen LogP contribution is 2.14. The SMILES string of the molecule is C/C=C/CCCCCCCCCCC1=NCCN1C(C)N. The minimum absolute atomic E-state index is 0.119. The molecule has 21 heavy (non-hydrogen) atoms. The van der Waals surface area contributed by atoms with Crippen molar-refractivity contribution >= 4 is 5.84 Å². The number of aliphatic imine (C=N–C) groups is 1. The van der Waals surface area contributed by atoms with Gasteiger partial charge in [0.15, 0.2) is 0 Å². The predicted molar refractivity (Wildman–Crippen MR) is 93.6 cm³/mol. The van der Waals surface area contributed by atoms with Crippen molar-refractivity contribution in [1.29, 1.82) is 0 Å². The topological polar surface area (TPSA) is 41.6 Å². The third-order valence-corrected chi connectivity index (χ3v) is 4.22. The molecule has 0 aromatic carbocycles. The highest BCUT2D eigenvalue weighted by atomic mass is 15.3. The maximum Gasteiger partial charge on any atom is 0.100 e. The normalized spacial score (nSPS) is 16.7. The summed E-state index contributed by atoms with van der Waals surface area (Å²) in [5.74, 6) is 1.24. The van der Waals surface area contributed by atoms with Crippen LogP contribution in [-0.4, -0.2) is 30.0 Å². The zero-order valence-electron chi connectivity index (χ0n) is 14.2. The highest BCUT2D eigenvalue weighted by Gasteiger charge is 2.18. The summed E-state index contributed by atoms with van der Waals surface area (Å²) in [4.78, 5) is 6.83. The van der Waals surface area contributed by atoms with E-state index in [9.17, 15) is 0 Å². The van der Waals surface area contributed by atoms with Gasteiger partial charge in [0.1, 0.15) is 5.84 Å². The van der Waals surface area contributed by atoms with Crippen molar-refractivity contribution in [1.82, 2.24) is 4.90 Å². The number of hydrogen-bond donors (Lipinski definition) is 1. The number of allylic oxidation sites excluding steroid dienone is 2. The van der Waals surface area contributed by atoms with Crippen LogP contribution in [0.3, 0.4) is 0 Å². The van der Waals surface area contributed by atoms with Crippen molar-refractivity contribution in [2.75, 3.05) is 13.1 Å². The van der Waals surface area contributed by atoms with Crippen molar-refractivity contribution in [3.8, 4) is 0 Å². The molecule has 0 aliphatic carbocycles. The third kappa shape index (κ3) is 8.25. The lowest BCUT2D eigenvalue weighted by atomic mass is 10.1. The van der Waals surface area contributed by atoms with Crippen molar-refractivity contribution in [2.45, 2.75) is 84.2 Å². The monoisotopic (exact) mass is 293 g/mol. The van der Waals surface area contributed by atoms with Gasteiger partial charge < -0.3 is 10.6 Å². The summed E-state index contributed by atoms with van der Waals surface area (Å²) in [6, 6.07) is 0. The van der Waals surface area contributed by atoms with Gasteiger partial charge in [-0.15, -0.1) is 0 Å². The largest absolute Gasteiger partial charge is 0.343 e. The zero-order chi connectivity index (χ0) is 15.3. The van der Waals surface area contributed by atoms with Crippen LogP contribution in [-0.2, 0) is 0 Å². The number of nitrogens with zero attached hydrogens (tertiary/aromatic N) is 2. The molecule has 1 aliphatic heterocycles. The van der Waals surface area contributed by atoms with Gasteiger partial charge in [-0.3, -0.25) is 4.99 Å². The molecule has 1 heterocycles. The Labute approximate surface area is 131 Å². The van der Waals surface area contributed by atoms with E-state index in [0.29, 0.717) is 0 Å². The first-order chi connectivity index (χ1) is 10.3. The Bertz CT molecular complexity index is 308. The average Bonchev–Trinajstić information content (AvgIpc) is 2.93. The molecule has 3 heteroatoms. The van der Waals surface area contributed by atoms with Gasteiger partial charge in [0, 0.05) is 13.0 Å². The highest BCUT2D eigenvalue weighted by molar-refractivity contribution is 5.83. The molecule has 122 valence electrons. The first-order valence-electron chi connectivity index (χ1n) is 8.92. The summed E-state index contributed by atoms with van der Waals surface area (Å²) in [5, 5.41) is 0. The molecule has 1 aliphatic rings. The van der Waals surface area contributed by atoms with E-state index >= 15 is 0 Å². The van der Waals surface area contributed by atoms with Crippen LogP contribution in [0.2, 0.25) is 0 Å². The number of amidine groups is 1. The number of nitrogens with two attached hydrogens (primary N) is 1. The Kier molecular flexibility index (Phi) is 10.2. The van der Waals surface area contributed by atoms with Gasteiger partial charge in [-0.25, -0.2) is 0 Å². The van der Waals surface area contributed by atoms with Crippen LogP contribution < -0.4 is 5.73 Å². The molecule has 0 saturated heterocycles. The maximum absolute atomic E-state index is 5.96. The lowest BCUT2D eigenvalue weighted by Crippen LogP contribution is -2.41. The van der Waals surface area contributed by atoms with Crippen LogP contribution >= 0.6 is 0 Å². The first-order valence-corrected chi connectivity index (χ1v) is 8.92. The van der Waals surface area contributed by atoms with Gasteiger partial charge in [-0.1, -0.05) is 50.7 Å². The van der Waals surface area contributed by atoms with Gasteiger partial charge in [0.05, 0.1) is 12.7 Å². The molecule has 0 aromatic rings. The fourth-order valence-corrected chi connectivity index (χ4v) is 2.94. The average molecular weight is 293 g/mol. The molecule has 1 rings (SSSR count). The smallest absolute Gasteiger partial charge is 0.100 e. The summed E-state index contributed by atoms with van der Waals surface area (Å²) in [5.41, 5.74) is 5.96.